The summed E-state index contributed by atoms with van der Waals surface area (Å²) in [6.45, 7) is 0.437. The van der Waals surface area contributed by atoms with Crippen molar-refractivity contribution in [2.45, 2.75) is 38.0 Å². The van der Waals surface area contributed by atoms with Gasteiger partial charge >= 0.3 is 0 Å². The Labute approximate surface area is 271 Å². The third-order valence-corrected chi connectivity index (χ3v) is 8.28. The van der Waals surface area contributed by atoms with Crippen LogP contribution >= 0.6 is 0 Å². The summed E-state index contributed by atoms with van der Waals surface area (Å²) in [4.78, 5) is 45.5. The number of methoxy groups -OCH3 is 1. The number of nitrogens with zero attached hydrogens (tertiary/aromatic N) is 2. The van der Waals surface area contributed by atoms with Crippen molar-refractivity contribution in [1.82, 2.24) is 20.5 Å². The van der Waals surface area contributed by atoms with Crippen LogP contribution < -0.4 is 24.8 Å². The van der Waals surface area contributed by atoms with Crippen molar-refractivity contribution in [3.8, 4) is 28.4 Å². The molecule has 10 nitrogen and oxygen atoms in total. The quantitative estimate of drug-likeness (QED) is 0.342. The molecule has 0 saturated carbocycles. The number of carbonyl (C=O) groups is 3. The van der Waals surface area contributed by atoms with Gasteiger partial charge < -0.3 is 29.7 Å². The smallest absolute Gasteiger partial charge is 0.258 e. The van der Waals surface area contributed by atoms with Crippen molar-refractivity contribution >= 4 is 17.7 Å². The largest absolute Gasteiger partial charge is 0.496 e. The number of rotatable bonds is 4. The van der Waals surface area contributed by atoms with E-state index in [0.717, 1.165) is 11.1 Å². The fraction of sp³-hybridized carbons (Fsp3) is 0.278. The van der Waals surface area contributed by atoms with Gasteiger partial charge in [-0.15, -0.1) is 0 Å². The van der Waals surface area contributed by atoms with E-state index in [0.29, 0.717) is 54.0 Å². The fourth-order valence-electron chi connectivity index (χ4n) is 5.84. The number of hydrogen-bond acceptors (Lipinski definition) is 7. The maximum absolute atomic E-state index is 14.7. The van der Waals surface area contributed by atoms with E-state index in [1.807, 2.05) is 18.2 Å². The van der Waals surface area contributed by atoms with Gasteiger partial charge in [-0.05, 0) is 77.7 Å². The molecule has 242 valence electrons. The number of benzene rings is 3. The molecule has 0 spiro atoms. The predicted octanol–water partition coefficient (Wildman–Crippen LogP) is 4.32. The van der Waals surface area contributed by atoms with Crippen molar-refractivity contribution in [2.75, 3.05) is 26.8 Å². The first-order valence-corrected chi connectivity index (χ1v) is 15.5. The Morgan fingerprint density at radius 1 is 1.02 bits per heavy atom. The van der Waals surface area contributed by atoms with Gasteiger partial charge in [0.2, 0.25) is 5.91 Å². The van der Waals surface area contributed by atoms with E-state index < -0.39 is 18.0 Å². The maximum atomic E-state index is 14.7. The highest BCUT2D eigenvalue weighted by molar-refractivity contribution is 5.96. The summed E-state index contributed by atoms with van der Waals surface area (Å²) >= 11 is 0. The number of amides is 3. The zero-order chi connectivity index (χ0) is 32.8. The lowest BCUT2D eigenvalue weighted by Crippen LogP contribution is -2.58. The Kier molecular flexibility index (Phi) is 9.61. The third-order valence-electron chi connectivity index (χ3n) is 8.28. The molecule has 3 amide bonds. The van der Waals surface area contributed by atoms with E-state index >= 15 is 0 Å². The maximum Gasteiger partial charge on any atom is 0.258 e. The van der Waals surface area contributed by atoms with Crippen LogP contribution in [-0.2, 0) is 22.6 Å². The van der Waals surface area contributed by atoms with Crippen molar-refractivity contribution in [3.63, 3.8) is 0 Å². The first kappa shape index (κ1) is 31.5. The van der Waals surface area contributed by atoms with Crippen LogP contribution in [0.1, 0.15) is 34.3 Å². The molecule has 11 heteroatoms. The summed E-state index contributed by atoms with van der Waals surface area (Å²) in [6.07, 6.45) is 4.12. The van der Waals surface area contributed by atoms with Gasteiger partial charge in [0.05, 0.1) is 13.2 Å². The van der Waals surface area contributed by atoms with Crippen molar-refractivity contribution in [1.29, 1.82) is 0 Å². The molecule has 2 N–H and O–H groups in total. The van der Waals surface area contributed by atoms with Gasteiger partial charge in [-0.3, -0.25) is 19.4 Å². The minimum absolute atomic E-state index is 0.0392. The average Bonchev–Trinajstić information content (AvgIpc) is 3.09. The van der Waals surface area contributed by atoms with Crippen LogP contribution in [-0.4, -0.2) is 66.6 Å². The minimum atomic E-state index is -0.600. The first-order valence-electron chi connectivity index (χ1n) is 15.5. The van der Waals surface area contributed by atoms with Gasteiger partial charge in [0.1, 0.15) is 29.2 Å². The van der Waals surface area contributed by atoms with Crippen molar-refractivity contribution < 1.29 is 33.0 Å². The van der Waals surface area contributed by atoms with Gasteiger partial charge in [-0.2, -0.15) is 0 Å². The topological polar surface area (TPSA) is 119 Å². The van der Waals surface area contributed by atoms with Gasteiger partial charge in [-0.25, -0.2) is 4.39 Å². The first-order chi connectivity index (χ1) is 22.8. The van der Waals surface area contributed by atoms with E-state index in [1.54, 1.807) is 66.9 Å². The number of pyridine rings is 1. The van der Waals surface area contributed by atoms with Gasteiger partial charge in [0, 0.05) is 62.1 Å². The number of nitrogens with one attached hydrogen (secondary N) is 2. The molecular weight excluding hydrogens is 603 g/mol. The molecular formula is C36H35FN4O6. The second-order valence-electron chi connectivity index (χ2n) is 11.5. The molecule has 0 radical (unpaired) electrons. The molecule has 4 aromatic rings. The van der Waals surface area contributed by atoms with E-state index in [4.69, 9.17) is 14.2 Å². The summed E-state index contributed by atoms with van der Waals surface area (Å²) in [6, 6.07) is 19.7. The summed E-state index contributed by atoms with van der Waals surface area (Å²) in [7, 11) is 1.55. The highest BCUT2D eigenvalue weighted by Gasteiger charge is 2.34. The third kappa shape index (κ3) is 7.86. The molecule has 2 atom stereocenters. The van der Waals surface area contributed by atoms with Crippen LogP contribution in [0.4, 0.5) is 4.39 Å². The van der Waals surface area contributed by atoms with Gasteiger partial charge in [-0.1, -0.05) is 12.1 Å². The van der Waals surface area contributed by atoms with E-state index in [-0.39, 0.29) is 43.2 Å². The SMILES string of the molecule is COc1ccc2cc1-c1cccc(c1)OCC(=O)NCc1cc(F)cc(c1)O[C@@H]1CCN(C(=O)CCc3ccncc3)C[C@H]1NC2=O. The molecule has 1 fully saturated rings. The molecule has 3 aromatic carbocycles. The minimum Gasteiger partial charge on any atom is -0.496 e. The number of ether oxygens (including phenoxy) is 3. The molecule has 6 bridgehead atoms. The molecule has 0 unspecified atom stereocenters. The highest BCUT2D eigenvalue weighted by atomic mass is 19.1. The molecule has 2 aliphatic heterocycles. The van der Waals surface area contributed by atoms with E-state index in [9.17, 15) is 18.8 Å². The zero-order valence-electron chi connectivity index (χ0n) is 25.9. The van der Waals surface area contributed by atoms with Crippen LogP contribution in [0, 0.1) is 5.82 Å². The molecule has 0 aliphatic carbocycles. The summed E-state index contributed by atoms with van der Waals surface area (Å²) in [5.74, 6) is -0.0495. The number of likely N-dealkylation sites (tertiary alicyclic amines) is 1. The van der Waals surface area contributed by atoms with E-state index in [1.165, 1.54) is 12.1 Å². The Hall–Kier alpha value is -5.45. The van der Waals surface area contributed by atoms with Gasteiger partial charge in [0.15, 0.2) is 6.61 Å². The van der Waals surface area contributed by atoms with Crippen LogP contribution in [0.5, 0.6) is 17.2 Å². The lowest BCUT2D eigenvalue weighted by molar-refractivity contribution is -0.133. The Balaban J connectivity index is 1.31. The molecule has 1 saturated heterocycles. The number of fused-ring (bicyclic) bond motifs is 8. The normalized spacial score (nSPS) is 18.1. The lowest BCUT2D eigenvalue weighted by atomic mass is 9.98. The van der Waals surface area contributed by atoms with E-state index in [2.05, 4.69) is 15.6 Å². The molecule has 2 aliphatic rings. The number of aryl methyl sites for hydroxylation is 1. The van der Waals surface area contributed by atoms with Gasteiger partial charge in [0.25, 0.3) is 11.8 Å². The summed E-state index contributed by atoms with van der Waals surface area (Å²) < 4.78 is 32.4. The molecule has 3 heterocycles. The van der Waals surface area contributed by atoms with Crippen molar-refractivity contribution in [2.24, 2.45) is 0 Å². The second kappa shape index (κ2) is 14.3. The molecule has 47 heavy (non-hydrogen) atoms. The number of aromatic nitrogens is 1. The fourth-order valence-corrected chi connectivity index (χ4v) is 5.84. The van der Waals surface area contributed by atoms with Crippen LogP contribution in [0.3, 0.4) is 0 Å². The number of piperidine rings is 1. The van der Waals surface area contributed by atoms with Crippen LogP contribution in [0.25, 0.3) is 11.1 Å². The Morgan fingerprint density at radius 3 is 2.70 bits per heavy atom. The van der Waals surface area contributed by atoms with Crippen LogP contribution in [0.15, 0.2) is 85.2 Å². The lowest BCUT2D eigenvalue weighted by Gasteiger charge is -2.39. The second-order valence-corrected chi connectivity index (χ2v) is 11.5. The number of hydrogen-bond donors (Lipinski definition) is 2. The van der Waals surface area contributed by atoms with Crippen molar-refractivity contribution in [3.05, 3.63) is 108 Å². The monoisotopic (exact) mass is 638 g/mol. The zero-order valence-corrected chi connectivity index (χ0v) is 25.9. The Morgan fingerprint density at radius 2 is 1.87 bits per heavy atom. The standard InChI is InChI=1S/C36H35FN4O6/c1-45-32-7-6-26-18-30(32)25-3-2-4-28(17-25)46-22-34(42)39-20-24-15-27(37)19-29(16-24)47-33-11-14-41(21-31(33)40-36(26)44)35(43)8-5-23-9-12-38-13-10-23/h2-4,6-7,9-10,12-13,15-19,31,33H,5,8,11,14,20-22H2,1H3,(H,39,42)(H,40,44)/t31-,33-/m1/s1. The molecule has 1 aromatic heterocycles. The van der Waals surface area contributed by atoms with Crippen LogP contribution in [0.2, 0.25) is 0 Å². The Bertz CT molecular complexity index is 1770. The number of halogens is 1. The highest BCUT2D eigenvalue weighted by Crippen LogP contribution is 2.33. The average molecular weight is 639 g/mol. The summed E-state index contributed by atoms with van der Waals surface area (Å²) in [5, 5.41) is 5.85. The predicted molar refractivity (Wildman–Crippen MR) is 172 cm³/mol. The summed E-state index contributed by atoms with van der Waals surface area (Å²) in [5.41, 5.74) is 3.27. The number of carbonyl (C=O) groups excluding carboxylic acids is 3. The molecule has 6 rings (SSSR count).